The Labute approximate surface area is 207 Å². The molecule has 1 saturated heterocycles. The highest BCUT2D eigenvalue weighted by Gasteiger charge is 2.45. The van der Waals surface area contributed by atoms with Crippen LogP contribution in [0, 0.1) is 11.6 Å². The number of urea groups is 1. The third-order valence-electron chi connectivity index (χ3n) is 6.74. The molecule has 0 spiro atoms. The summed E-state index contributed by atoms with van der Waals surface area (Å²) in [6, 6.07) is 18.7. The molecular formula is C27H27F2N5O2. The highest BCUT2D eigenvalue weighted by atomic mass is 19.2. The first kappa shape index (κ1) is 23.9. The van der Waals surface area contributed by atoms with Gasteiger partial charge in [-0.1, -0.05) is 42.5 Å². The molecular weight excluding hydrogens is 464 g/mol. The first-order valence-electron chi connectivity index (χ1n) is 11.8. The Morgan fingerprint density at radius 3 is 2.72 bits per heavy atom. The summed E-state index contributed by atoms with van der Waals surface area (Å²) in [6.45, 7) is 1.34. The summed E-state index contributed by atoms with van der Waals surface area (Å²) >= 11 is 0. The fourth-order valence-electron chi connectivity index (χ4n) is 4.96. The molecule has 7 nitrogen and oxygen atoms in total. The summed E-state index contributed by atoms with van der Waals surface area (Å²) in [6.07, 6.45) is 2.30. The Morgan fingerprint density at radius 1 is 1.14 bits per heavy atom. The maximum atomic E-state index is 14.1. The third-order valence-corrected chi connectivity index (χ3v) is 6.74. The van der Waals surface area contributed by atoms with Gasteiger partial charge in [0.1, 0.15) is 5.69 Å². The highest BCUT2D eigenvalue weighted by Crippen LogP contribution is 2.36. The minimum Gasteiger partial charge on any atom is -0.385 e. The van der Waals surface area contributed by atoms with Gasteiger partial charge in [-0.2, -0.15) is 5.10 Å². The molecule has 3 heterocycles. The summed E-state index contributed by atoms with van der Waals surface area (Å²) in [4.78, 5) is 13.5. The first-order valence-corrected chi connectivity index (χ1v) is 11.8. The number of amides is 2. The number of nitrogens with zero attached hydrogens (tertiary/aromatic N) is 2. The second-order valence-corrected chi connectivity index (χ2v) is 8.96. The van der Waals surface area contributed by atoms with Crippen LogP contribution in [0.2, 0.25) is 0 Å². The Kier molecular flexibility index (Phi) is 6.67. The van der Waals surface area contributed by atoms with Gasteiger partial charge in [0.25, 0.3) is 0 Å². The van der Waals surface area contributed by atoms with E-state index >= 15 is 0 Å². The number of hydrogen-bond acceptors (Lipinski definition) is 4. The molecule has 0 bridgehead atoms. The summed E-state index contributed by atoms with van der Waals surface area (Å²) in [5.41, 5.74) is 2.67. The number of methoxy groups -OCH3 is 1. The number of fused-ring (bicyclic) bond motifs is 1. The number of hydrogen-bond donors (Lipinski definition) is 3. The summed E-state index contributed by atoms with van der Waals surface area (Å²) < 4.78 is 34.7. The zero-order chi connectivity index (χ0) is 25.1. The van der Waals surface area contributed by atoms with Crippen LogP contribution in [-0.4, -0.2) is 48.0 Å². The van der Waals surface area contributed by atoms with E-state index in [2.05, 4.69) is 21.0 Å². The van der Waals surface area contributed by atoms with E-state index in [4.69, 9.17) is 4.74 Å². The minimum absolute atomic E-state index is 0.286. The number of aromatic nitrogens is 2. The molecule has 1 aliphatic rings. The molecule has 0 radical (unpaired) electrons. The van der Waals surface area contributed by atoms with Gasteiger partial charge in [0.05, 0.1) is 16.7 Å². The molecule has 2 aromatic carbocycles. The van der Waals surface area contributed by atoms with Crippen LogP contribution in [-0.2, 0) is 4.74 Å². The van der Waals surface area contributed by atoms with Crippen molar-refractivity contribution in [2.24, 2.45) is 0 Å². The van der Waals surface area contributed by atoms with Gasteiger partial charge < -0.3 is 20.7 Å². The predicted molar refractivity (Wildman–Crippen MR) is 134 cm³/mol. The van der Waals surface area contributed by atoms with Crippen molar-refractivity contribution in [1.82, 2.24) is 20.2 Å². The lowest BCUT2D eigenvalue weighted by atomic mass is 9.79. The number of anilines is 1. The highest BCUT2D eigenvalue weighted by molar-refractivity contribution is 6.00. The number of rotatable bonds is 7. The Bertz CT molecular complexity index is 1380. The van der Waals surface area contributed by atoms with E-state index in [-0.39, 0.29) is 5.92 Å². The van der Waals surface area contributed by atoms with E-state index in [9.17, 15) is 13.6 Å². The minimum atomic E-state index is -0.914. The molecule has 1 aliphatic heterocycles. The molecule has 0 unspecified atom stereocenters. The van der Waals surface area contributed by atoms with Crippen molar-refractivity contribution in [3.8, 4) is 11.3 Å². The fourth-order valence-corrected chi connectivity index (χ4v) is 4.96. The molecule has 9 heteroatoms. The molecule has 186 valence electrons. The molecule has 2 atom stereocenters. The normalized spacial score (nSPS) is 19.5. The zero-order valence-electron chi connectivity index (χ0n) is 19.8. The van der Waals surface area contributed by atoms with Crippen molar-refractivity contribution in [2.45, 2.75) is 17.9 Å². The Hall–Kier alpha value is -3.82. The van der Waals surface area contributed by atoms with Crippen LogP contribution >= 0.6 is 0 Å². The zero-order valence-corrected chi connectivity index (χ0v) is 19.8. The molecule has 2 amide bonds. The van der Waals surface area contributed by atoms with E-state index < -0.39 is 23.2 Å². The number of nitrogens with one attached hydrogen (secondary N) is 3. The molecule has 5 rings (SSSR count). The van der Waals surface area contributed by atoms with Crippen molar-refractivity contribution in [3.63, 3.8) is 0 Å². The first-order chi connectivity index (χ1) is 17.5. The Morgan fingerprint density at radius 2 is 1.94 bits per heavy atom. The standard InChI is InChI=1S/C27H27F2N5O2/c1-36-14-12-27(17-30-16-20(27)19-10-11-21(28)22(29)15-19)32-26(35)31-25-23-9-5-6-13-34(23)33-24(25)18-7-3-2-4-8-18/h2-11,13,15,20,30H,12,14,16-17H2,1H3,(H2,31,32,35)/t20-,27+/m0/s1. The van der Waals surface area contributed by atoms with Crippen LogP contribution < -0.4 is 16.0 Å². The topological polar surface area (TPSA) is 79.7 Å². The van der Waals surface area contributed by atoms with Gasteiger partial charge in [-0.05, 0) is 36.2 Å². The Balaban J connectivity index is 1.47. The van der Waals surface area contributed by atoms with Crippen molar-refractivity contribution >= 4 is 17.2 Å². The second-order valence-electron chi connectivity index (χ2n) is 8.96. The van der Waals surface area contributed by atoms with Gasteiger partial charge >= 0.3 is 6.03 Å². The molecule has 2 aromatic heterocycles. The quantitative estimate of drug-likeness (QED) is 0.354. The molecule has 4 aromatic rings. The molecule has 3 N–H and O–H groups in total. The SMILES string of the molecule is COCC[C@@]1(NC(=O)Nc2c(-c3ccccc3)nn3ccccc23)CNC[C@H]1c1ccc(F)c(F)c1. The second kappa shape index (κ2) is 10.0. The van der Waals surface area contributed by atoms with Crippen LogP contribution in [0.15, 0.2) is 72.9 Å². The van der Waals surface area contributed by atoms with Gasteiger partial charge in [0.2, 0.25) is 0 Å². The van der Waals surface area contributed by atoms with Crippen molar-refractivity contribution in [3.05, 3.63) is 90.1 Å². The van der Waals surface area contributed by atoms with Crippen LogP contribution in [0.5, 0.6) is 0 Å². The number of benzene rings is 2. The number of halogens is 2. The number of pyridine rings is 1. The maximum Gasteiger partial charge on any atom is 0.319 e. The summed E-state index contributed by atoms with van der Waals surface area (Å²) in [5.74, 6) is -2.10. The van der Waals surface area contributed by atoms with E-state index in [0.29, 0.717) is 43.1 Å². The number of ether oxygens (including phenoxy) is 1. The van der Waals surface area contributed by atoms with E-state index in [1.807, 2.05) is 54.7 Å². The monoisotopic (exact) mass is 491 g/mol. The van der Waals surface area contributed by atoms with Gasteiger partial charge in [-0.25, -0.2) is 18.1 Å². The molecule has 0 aliphatic carbocycles. The third kappa shape index (κ3) is 4.55. The number of carbonyl (C=O) groups is 1. The van der Waals surface area contributed by atoms with Crippen molar-refractivity contribution in [2.75, 3.05) is 32.1 Å². The lowest BCUT2D eigenvalue weighted by Crippen LogP contribution is -2.55. The van der Waals surface area contributed by atoms with Crippen LogP contribution in [0.25, 0.3) is 16.8 Å². The smallest absolute Gasteiger partial charge is 0.319 e. The number of carbonyl (C=O) groups excluding carboxylic acids is 1. The average Bonchev–Trinajstić information content (AvgIpc) is 3.47. The van der Waals surface area contributed by atoms with E-state index in [0.717, 1.165) is 17.1 Å². The molecule has 1 fully saturated rings. The van der Waals surface area contributed by atoms with Gasteiger partial charge in [-0.15, -0.1) is 0 Å². The lowest BCUT2D eigenvalue weighted by molar-refractivity contribution is 0.155. The molecule has 36 heavy (non-hydrogen) atoms. The van der Waals surface area contributed by atoms with Crippen molar-refractivity contribution < 1.29 is 18.3 Å². The largest absolute Gasteiger partial charge is 0.385 e. The maximum absolute atomic E-state index is 14.1. The van der Waals surface area contributed by atoms with E-state index in [1.54, 1.807) is 17.7 Å². The van der Waals surface area contributed by atoms with Gasteiger partial charge in [0, 0.05) is 44.5 Å². The average molecular weight is 492 g/mol. The van der Waals surface area contributed by atoms with Gasteiger partial charge in [0.15, 0.2) is 11.6 Å². The van der Waals surface area contributed by atoms with Crippen molar-refractivity contribution in [1.29, 1.82) is 0 Å². The fraction of sp³-hybridized carbons (Fsp3) is 0.259. The van der Waals surface area contributed by atoms with Crippen LogP contribution in [0.3, 0.4) is 0 Å². The lowest BCUT2D eigenvalue weighted by Gasteiger charge is -2.36. The molecule has 0 saturated carbocycles. The van der Waals surface area contributed by atoms with Crippen LogP contribution in [0.1, 0.15) is 17.9 Å². The van der Waals surface area contributed by atoms with Crippen LogP contribution in [0.4, 0.5) is 19.3 Å². The predicted octanol–water partition coefficient (Wildman–Crippen LogP) is 4.56. The van der Waals surface area contributed by atoms with E-state index in [1.165, 1.54) is 6.07 Å². The van der Waals surface area contributed by atoms with Gasteiger partial charge in [-0.3, -0.25) is 0 Å². The summed E-state index contributed by atoms with van der Waals surface area (Å²) in [5, 5.41) is 14.1. The summed E-state index contributed by atoms with van der Waals surface area (Å²) in [7, 11) is 1.59.